The van der Waals surface area contributed by atoms with Crippen LogP contribution in [-0.2, 0) is 9.84 Å². The van der Waals surface area contributed by atoms with Crippen LogP contribution in [0.3, 0.4) is 0 Å². The van der Waals surface area contributed by atoms with Gasteiger partial charge >= 0.3 is 0 Å². The Morgan fingerprint density at radius 3 is 2.46 bits per heavy atom. The summed E-state index contributed by atoms with van der Waals surface area (Å²) in [6.45, 7) is 6.78. The quantitative estimate of drug-likeness (QED) is 0.360. The average molecular weight is 515 g/mol. The van der Waals surface area contributed by atoms with E-state index in [-0.39, 0.29) is 47.7 Å². The number of hydrogen-bond donors (Lipinski definition) is 2. The summed E-state index contributed by atoms with van der Waals surface area (Å²) in [6, 6.07) is 15.1. The Bertz CT molecular complexity index is 928. The monoisotopic (exact) mass is 515 g/mol. The molecule has 0 aromatic heterocycles. The largest absolute Gasteiger partial charge is 0.354 e. The number of halogens is 1. The second kappa shape index (κ2) is 9.91. The maximum Gasteiger partial charge on any atom is 0.191 e. The second-order valence-corrected chi connectivity index (χ2v) is 9.96. The summed E-state index contributed by atoms with van der Waals surface area (Å²) in [4.78, 5) is 4.67. The molecule has 2 aromatic carbocycles. The van der Waals surface area contributed by atoms with Crippen molar-refractivity contribution in [2.45, 2.75) is 39.3 Å². The molecule has 2 aromatic rings. The molecule has 7 heteroatoms. The number of nitrogens with zero attached hydrogens (tertiary/aromatic N) is 1. The zero-order valence-corrected chi connectivity index (χ0v) is 19.8. The van der Waals surface area contributed by atoms with Crippen LogP contribution < -0.4 is 10.6 Å². The highest BCUT2D eigenvalue weighted by atomic mass is 127. The number of guanidine groups is 1. The highest BCUT2D eigenvalue weighted by molar-refractivity contribution is 14.0. The van der Waals surface area contributed by atoms with Gasteiger partial charge in [0.05, 0.1) is 17.5 Å². The summed E-state index contributed by atoms with van der Waals surface area (Å²) in [5.41, 5.74) is 1.19. The van der Waals surface area contributed by atoms with Gasteiger partial charge in [0, 0.05) is 12.6 Å². The Labute approximate surface area is 185 Å². The van der Waals surface area contributed by atoms with Crippen LogP contribution in [-0.4, -0.2) is 38.5 Å². The van der Waals surface area contributed by atoms with Gasteiger partial charge in [-0.2, -0.15) is 0 Å². The molecule has 0 aliphatic carbocycles. The van der Waals surface area contributed by atoms with Gasteiger partial charge in [0.1, 0.15) is 0 Å². The first-order valence-corrected chi connectivity index (χ1v) is 11.4. The van der Waals surface area contributed by atoms with E-state index in [0.29, 0.717) is 18.7 Å². The topological polar surface area (TPSA) is 70.6 Å². The number of rotatable bonds is 5. The van der Waals surface area contributed by atoms with Crippen LogP contribution in [0.1, 0.15) is 38.8 Å². The molecular weight excluding hydrogens is 485 g/mol. The fourth-order valence-electron chi connectivity index (χ4n) is 3.41. The molecule has 2 N–H and O–H groups in total. The fraction of sp³-hybridized carbons (Fsp3) is 0.476. The summed E-state index contributed by atoms with van der Waals surface area (Å²) >= 11 is 0. The summed E-state index contributed by atoms with van der Waals surface area (Å²) in [5, 5.41) is 9.26. The Hall–Kier alpha value is -1.35. The van der Waals surface area contributed by atoms with E-state index >= 15 is 0 Å². The van der Waals surface area contributed by atoms with Crippen molar-refractivity contribution >= 4 is 50.5 Å². The van der Waals surface area contributed by atoms with Gasteiger partial charge in [-0.05, 0) is 55.5 Å². The number of aliphatic imine (C=N–C) groups is 1. The number of benzene rings is 2. The van der Waals surface area contributed by atoms with E-state index in [2.05, 4.69) is 66.7 Å². The number of fused-ring (bicyclic) bond motifs is 1. The van der Waals surface area contributed by atoms with Gasteiger partial charge in [-0.25, -0.2) is 8.42 Å². The van der Waals surface area contributed by atoms with Crippen molar-refractivity contribution in [2.75, 3.05) is 18.1 Å². The van der Waals surface area contributed by atoms with Crippen LogP contribution in [0.15, 0.2) is 47.5 Å². The van der Waals surface area contributed by atoms with Gasteiger partial charge < -0.3 is 10.6 Å². The van der Waals surface area contributed by atoms with Crippen molar-refractivity contribution in [1.29, 1.82) is 0 Å². The predicted molar refractivity (Wildman–Crippen MR) is 128 cm³/mol. The first kappa shape index (κ1) is 22.9. The van der Waals surface area contributed by atoms with Crippen molar-refractivity contribution in [2.24, 2.45) is 10.9 Å². The first-order valence-electron chi connectivity index (χ1n) is 9.59. The lowest BCUT2D eigenvalue weighted by Crippen LogP contribution is -2.42. The summed E-state index contributed by atoms with van der Waals surface area (Å²) in [7, 11) is -2.86. The Balaban J connectivity index is 0.00000280. The molecule has 5 nitrogen and oxygen atoms in total. The van der Waals surface area contributed by atoms with Crippen molar-refractivity contribution in [1.82, 2.24) is 10.6 Å². The van der Waals surface area contributed by atoms with Gasteiger partial charge in [0.25, 0.3) is 0 Å². The molecule has 2 atom stereocenters. The molecule has 0 spiro atoms. The zero-order chi connectivity index (χ0) is 19.4. The highest BCUT2D eigenvalue weighted by Crippen LogP contribution is 2.21. The van der Waals surface area contributed by atoms with E-state index in [1.54, 1.807) is 0 Å². The summed E-state index contributed by atoms with van der Waals surface area (Å²) in [5.74, 6) is 1.40. The molecule has 0 amide bonds. The van der Waals surface area contributed by atoms with Crippen molar-refractivity contribution in [3.63, 3.8) is 0 Å². The molecule has 3 rings (SSSR count). The Morgan fingerprint density at radius 1 is 1.11 bits per heavy atom. The van der Waals surface area contributed by atoms with E-state index in [1.807, 2.05) is 12.1 Å². The molecule has 28 heavy (non-hydrogen) atoms. The van der Waals surface area contributed by atoms with Crippen molar-refractivity contribution in [3.05, 3.63) is 48.0 Å². The molecular formula is C21H30IN3O2S. The van der Waals surface area contributed by atoms with E-state index in [0.717, 1.165) is 5.96 Å². The molecule has 1 aliphatic rings. The number of nitrogens with one attached hydrogen (secondary N) is 2. The number of hydrogen-bond acceptors (Lipinski definition) is 3. The maximum absolute atomic E-state index is 11.7. The lowest BCUT2D eigenvalue weighted by molar-refractivity contribution is 0.584. The molecule has 0 bridgehead atoms. The molecule has 0 saturated carbocycles. The lowest BCUT2D eigenvalue weighted by Gasteiger charge is -2.21. The molecule has 0 radical (unpaired) electrons. The molecule has 1 aliphatic heterocycles. The van der Waals surface area contributed by atoms with Crippen LogP contribution in [0.25, 0.3) is 10.8 Å². The lowest BCUT2D eigenvalue weighted by atomic mass is 10.0. The molecule has 2 unspecified atom stereocenters. The smallest absolute Gasteiger partial charge is 0.191 e. The third-order valence-electron chi connectivity index (χ3n) is 4.89. The normalized spacial score (nSPS) is 20.0. The molecule has 1 heterocycles. The standard InChI is InChI=1S/C21H29N3O2S.HI/c1-15(2)23-21(22-13-17-10-11-27(25,26)14-17)24-16(3)19-9-8-18-6-4-5-7-20(18)12-19;/h4-9,12,15-17H,10-11,13-14H2,1-3H3,(H2,22,23,24);1H. The molecule has 154 valence electrons. The fourth-order valence-corrected chi connectivity index (χ4v) is 5.26. The van der Waals surface area contributed by atoms with Crippen LogP contribution in [0.4, 0.5) is 0 Å². The van der Waals surface area contributed by atoms with Gasteiger partial charge in [-0.3, -0.25) is 4.99 Å². The van der Waals surface area contributed by atoms with E-state index in [4.69, 9.17) is 0 Å². The van der Waals surface area contributed by atoms with Gasteiger partial charge in [-0.1, -0.05) is 36.4 Å². The third-order valence-corrected chi connectivity index (χ3v) is 6.72. The third kappa shape index (κ3) is 6.34. The maximum atomic E-state index is 11.7. The van der Waals surface area contributed by atoms with Crippen LogP contribution in [0.5, 0.6) is 0 Å². The van der Waals surface area contributed by atoms with Gasteiger partial charge in [0.2, 0.25) is 0 Å². The Morgan fingerprint density at radius 2 is 1.82 bits per heavy atom. The van der Waals surface area contributed by atoms with Crippen LogP contribution in [0.2, 0.25) is 0 Å². The predicted octanol–water partition coefficient (Wildman–Crippen LogP) is 3.90. The number of sulfone groups is 1. The minimum atomic E-state index is -2.86. The van der Waals surface area contributed by atoms with Gasteiger partial charge in [-0.15, -0.1) is 24.0 Å². The summed E-state index contributed by atoms with van der Waals surface area (Å²) in [6.07, 6.45) is 0.709. The van der Waals surface area contributed by atoms with Crippen molar-refractivity contribution in [3.8, 4) is 0 Å². The van der Waals surface area contributed by atoms with Crippen LogP contribution in [0, 0.1) is 5.92 Å². The van der Waals surface area contributed by atoms with E-state index < -0.39 is 9.84 Å². The Kier molecular flexibility index (Phi) is 8.12. The first-order chi connectivity index (χ1) is 12.8. The minimum Gasteiger partial charge on any atom is -0.354 e. The second-order valence-electron chi connectivity index (χ2n) is 7.73. The van der Waals surface area contributed by atoms with Gasteiger partial charge in [0.15, 0.2) is 15.8 Å². The zero-order valence-electron chi connectivity index (χ0n) is 16.7. The minimum absolute atomic E-state index is 0. The van der Waals surface area contributed by atoms with E-state index in [1.165, 1.54) is 16.3 Å². The summed E-state index contributed by atoms with van der Waals surface area (Å²) < 4.78 is 23.3. The highest BCUT2D eigenvalue weighted by Gasteiger charge is 2.27. The molecule has 1 saturated heterocycles. The molecule has 1 fully saturated rings. The van der Waals surface area contributed by atoms with Crippen LogP contribution >= 0.6 is 24.0 Å². The SMILES string of the molecule is CC(C)NC(=NCC1CCS(=O)(=O)C1)NC(C)c1ccc2ccccc2c1.I. The van der Waals surface area contributed by atoms with E-state index in [9.17, 15) is 8.42 Å². The average Bonchev–Trinajstić information content (AvgIpc) is 2.97. The van der Waals surface area contributed by atoms with Crippen molar-refractivity contribution < 1.29 is 8.42 Å².